The smallest absolute Gasteiger partial charge is 0.253 e. The van der Waals surface area contributed by atoms with E-state index in [0.29, 0.717) is 33.0 Å². The molecule has 8 nitrogen and oxygen atoms in total. The lowest BCUT2D eigenvalue weighted by atomic mass is 10.0. The van der Waals surface area contributed by atoms with Gasteiger partial charge in [0.15, 0.2) is 0 Å². The van der Waals surface area contributed by atoms with Crippen molar-refractivity contribution in [2.24, 2.45) is 5.92 Å². The van der Waals surface area contributed by atoms with Crippen molar-refractivity contribution in [1.29, 1.82) is 0 Å². The molecule has 2 aromatic carbocycles. The van der Waals surface area contributed by atoms with E-state index in [2.05, 4.69) is 25.8 Å². The summed E-state index contributed by atoms with van der Waals surface area (Å²) in [7, 11) is 1.56. The fourth-order valence-electron chi connectivity index (χ4n) is 2.93. The molecule has 174 valence electrons. The predicted molar refractivity (Wildman–Crippen MR) is 130 cm³/mol. The Bertz CT molecular complexity index is 1140. The molecule has 0 saturated heterocycles. The zero-order valence-electron chi connectivity index (χ0n) is 18.2. The molecule has 3 N–H and O–H groups in total. The number of rotatable bonds is 9. The molecular weight excluding hydrogens is 485 g/mol. The molecule has 0 spiro atoms. The first-order chi connectivity index (χ1) is 15.8. The van der Waals surface area contributed by atoms with Crippen LogP contribution < -0.4 is 15.4 Å². The Hall–Kier alpha value is -2.75. The van der Waals surface area contributed by atoms with Gasteiger partial charge < -0.3 is 15.4 Å². The maximum absolute atomic E-state index is 12.7. The topological polar surface area (TPSA) is 109 Å². The predicted octanol–water partition coefficient (Wildman–Crippen LogP) is 4.98. The molecular formula is C22H23Cl2N5O3S. The minimum Gasteiger partial charge on any atom is -0.497 e. The van der Waals surface area contributed by atoms with Crippen LogP contribution >= 0.6 is 35.0 Å². The van der Waals surface area contributed by atoms with Gasteiger partial charge in [0.1, 0.15) is 11.6 Å². The minimum atomic E-state index is -0.434. The molecule has 1 heterocycles. The van der Waals surface area contributed by atoms with Crippen LogP contribution in [0.5, 0.6) is 5.75 Å². The molecule has 1 aromatic heterocycles. The molecule has 0 aliphatic carbocycles. The highest BCUT2D eigenvalue weighted by atomic mass is 35.5. The molecule has 2 amide bonds. The second-order valence-corrected chi connectivity index (χ2v) is 9.18. The molecule has 1 atom stereocenters. The average Bonchev–Trinajstić information content (AvgIpc) is 3.24. The van der Waals surface area contributed by atoms with Crippen LogP contribution in [-0.4, -0.2) is 39.9 Å². The van der Waals surface area contributed by atoms with Crippen molar-refractivity contribution in [3.05, 3.63) is 63.9 Å². The molecule has 0 aliphatic heterocycles. The van der Waals surface area contributed by atoms with Gasteiger partial charge in [-0.05, 0) is 36.2 Å². The van der Waals surface area contributed by atoms with Gasteiger partial charge in [0, 0.05) is 16.8 Å². The Kier molecular flexibility index (Phi) is 8.60. The molecule has 33 heavy (non-hydrogen) atoms. The lowest BCUT2D eigenvalue weighted by Crippen LogP contribution is -2.32. The molecule has 3 rings (SSSR count). The van der Waals surface area contributed by atoms with Gasteiger partial charge in [0.2, 0.25) is 11.1 Å². The number of aromatic nitrogens is 3. The summed E-state index contributed by atoms with van der Waals surface area (Å²) in [6.45, 7) is 3.90. The fourth-order valence-corrected chi connectivity index (χ4v) is 4.03. The second kappa shape index (κ2) is 11.4. The third kappa shape index (κ3) is 6.86. The van der Waals surface area contributed by atoms with E-state index in [0.717, 1.165) is 0 Å². The lowest BCUT2D eigenvalue weighted by molar-refractivity contribution is -0.113. The lowest BCUT2D eigenvalue weighted by Gasteiger charge is -2.20. The number of H-pyrrole nitrogens is 1. The fraction of sp³-hybridized carbons (Fsp3) is 0.273. The second-order valence-electron chi connectivity index (χ2n) is 7.39. The number of halogens is 2. The molecule has 3 aromatic rings. The van der Waals surface area contributed by atoms with Crippen LogP contribution in [0.2, 0.25) is 10.0 Å². The maximum Gasteiger partial charge on any atom is 0.253 e. The number of methoxy groups -OCH3 is 1. The number of aromatic amines is 1. The molecule has 0 fully saturated rings. The van der Waals surface area contributed by atoms with Crippen LogP contribution in [0.1, 0.15) is 36.1 Å². The van der Waals surface area contributed by atoms with Gasteiger partial charge in [-0.1, -0.05) is 54.9 Å². The number of hydrogen-bond acceptors (Lipinski definition) is 6. The molecule has 0 aliphatic rings. The van der Waals surface area contributed by atoms with Crippen LogP contribution in [0, 0.1) is 5.92 Å². The summed E-state index contributed by atoms with van der Waals surface area (Å²) in [5.41, 5.74) is 0.953. The Morgan fingerprint density at radius 3 is 2.67 bits per heavy atom. The number of ether oxygens (including phenoxy) is 1. The number of benzene rings is 2. The van der Waals surface area contributed by atoms with E-state index < -0.39 is 6.04 Å². The van der Waals surface area contributed by atoms with Crippen molar-refractivity contribution >= 4 is 52.5 Å². The summed E-state index contributed by atoms with van der Waals surface area (Å²) < 4.78 is 5.15. The quantitative estimate of drug-likeness (QED) is 0.352. The van der Waals surface area contributed by atoms with E-state index in [9.17, 15) is 9.59 Å². The number of carbonyl (C=O) groups is 2. The summed E-state index contributed by atoms with van der Waals surface area (Å²) in [6, 6.07) is 11.4. The third-order valence-corrected chi connectivity index (χ3v) is 5.99. The van der Waals surface area contributed by atoms with Gasteiger partial charge in [-0.25, -0.2) is 4.98 Å². The highest BCUT2D eigenvalue weighted by molar-refractivity contribution is 7.99. The van der Waals surface area contributed by atoms with E-state index in [1.165, 1.54) is 17.8 Å². The first kappa shape index (κ1) is 24.9. The van der Waals surface area contributed by atoms with Crippen LogP contribution in [0.25, 0.3) is 0 Å². The zero-order chi connectivity index (χ0) is 24.0. The zero-order valence-corrected chi connectivity index (χ0v) is 20.5. The Labute approximate surface area is 205 Å². The number of thioether (sulfide) groups is 1. The van der Waals surface area contributed by atoms with Crippen LogP contribution in [-0.2, 0) is 4.79 Å². The normalized spacial score (nSPS) is 11.8. The van der Waals surface area contributed by atoms with E-state index in [1.807, 2.05) is 13.8 Å². The van der Waals surface area contributed by atoms with Crippen molar-refractivity contribution in [3.8, 4) is 5.75 Å². The Balaban J connectivity index is 1.61. The van der Waals surface area contributed by atoms with Gasteiger partial charge in [-0.2, -0.15) is 0 Å². The Morgan fingerprint density at radius 2 is 1.97 bits per heavy atom. The van der Waals surface area contributed by atoms with Crippen molar-refractivity contribution in [2.45, 2.75) is 25.0 Å². The third-order valence-electron chi connectivity index (χ3n) is 4.59. The largest absolute Gasteiger partial charge is 0.497 e. The van der Waals surface area contributed by atoms with Crippen molar-refractivity contribution in [2.75, 3.05) is 18.2 Å². The average molecular weight is 508 g/mol. The standard InChI is InChI=1S/C22H23Cl2N5O3S/c1-12(2)19(26-21(31)16-8-7-13(23)9-17(16)24)20-27-22(29-28-20)33-11-18(30)25-14-5-4-6-15(10-14)32-3/h4-10,12,19H,11H2,1-3H3,(H,25,30)(H,26,31)(H,27,28,29)/t19-/m1/s1. The molecule has 0 radical (unpaired) electrons. The van der Waals surface area contributed by atoms with Crippen LogP contribution in [0.3, 0.4) is 0 Å². The van der Waals surface area contributed by atoms with E-state index in [1.54, 1.807) is 43.5 Å². The van der Waals surface area contributed by atoms with Gasteiger partial charge in [-0.15, -0.1) is 5.10 Å². The van der Waals surface area contributed by atoms with E-state index in [-0.39, 0.29) is 28.5 Å². The highest BCUT2D eigenvalue weighted by Crippen LogP contribution is 2.25. The Morgan fingerprint density at radius 1 is 1.18 bits per heavy atom. The van der Waals surface area contributed by atoms with Crippen LogP contribution in [0.4, 0.5) is 5.69 Å². The van der Waals surface area contributed by atoms with E-state index in [4.69, 9.17) is 27.9 Å². The number of hydrogen-bond donors (Lipinski definition) is 3. The van der Waals surface area contributed by atoms with Gasteiger partial charge >= 0.3 is 0 Å². The molecule has 0 bridgehead atoms. The van der Waals surface area contributed by atoms with E-state index >= 15 is 0 Å². The van der Waals surface area contributed by atoms with Crippen molar-refractivity contribution < 1.29 is 14.3 Å². The van der Waals surface area contributed by atoms with Crippen molar-refractivity contribution in [1.82, 2.24) is 20.5 Å². The molecule has 11 heteroatoms. The number of carbonyl (C=O) groups excluding carboxylic acids is 2. The van der Waals surface area contributed by atoms with Gasteiger partial charge in [0.05, 0.1) is 29.5 Å². The number of nitrogens with one attached hydrogen (secondary N) is 3. The highest BCUT2D eigenvalue weighted by Gasteiger charge is 2.24. The first-order valence-electron chi connectivity index (χ1n) is 10.0. The maximum atomic E-state index is 12.7. The number of nitrogens with zero attached hydrogens (tertiary/aromatic N) is 2. The van der Waals surface area contributed by atoms with Gasteiger partial charge in [-0.3, -0.25) is 14.7 Å². The SMILES string of the molecule is COc1cccc(NC(=O)CSc2n[nH]c([C@H](NC(=O)c3ccc(Cl)cc3Cl)C(C)C)n2)c1. The summed E-state index contributed by atoms with van der Waals surface area (Å²) in [5.74, 6) is 0.722. The summed E-state index contributed by atoms with van der Waals surface area (Å²) in [6.07, 6.45) is 0. The minimum absolute atomic E-state index is 0.0159. The number of anilines is 1. The first-order valence-corrected chi connectivity index (χ1v) is 11.8. The molecule has 0 saturated carbocycles. The number of amides is 2. The summed E-state index contributed by atoms with van der Waals surface area (Å²) in [5, 5.41) is 13.9. The van der Waals surface area contributed by atoms with Crippen molar-refractivity contribution in [3.63, 3.8) is 0 Å². The summed E-state index contributed by atoms with van der Waals surface area (Å²) in [4.78, 5) is 29.5. The molecule has 0 unspecified atom stereocenters. The van der Waals surface area contributed by atoms with Crippen LogP contribution in [0.15, 0.2) is 47.6 Å². The van der Waals surface area contributed by atoms with Gasteiger partial charge in [0.25, 0.3) is 5.91 Å². The summed E-state index contributed by atoms with van der Waals surface area (Å²) >= 11 is 13.2. The monoisotopic (exact) mass is 507 g/mol.